The van der Waals surface area contributed by atoms with Crippen molar-refractivity contribution in [1.29, 1.82) is 0 Å². The topological polar surface area (TPSA) is 56.7 Å². The van der Waals surface area contributed by atoms with E-state index in [1.807, 2.05) is 23.6 Å². The van der Waals surface area contributed by atoms with Crippen LogP contribution in [0.3, 0.4) is 0 Å². The van der Waals surface area contributed by atoms with E-state index in [0.717, 1.165) is 11.4 Å². The molecule has 72 valence electrons. The van der Waals surface area contributed by atoms with E-state index < -0.39 is 0 Å². The van der Waals surface area contributed by atoms with Gasteiger partial charge < -0.3 is 10.3 Å². The third-order valence-corrected chi connectivity index (χ3v) is 2.07. The molecule has 2 heterocycles. The molecule has 0 amide bonds. The van der Waals surface area contributed by atoms with Crippen molar-refractivity contribution in [3.63, 3.8) is 0 Å². The highest BCUT2D eigenvalue weighted by atomic mass is 15.1. The molecule has 2 N–H and O–H groups in total. The molecule has 0 aliphatic heterocycles. The molecule has 0 aromatic carbocycles. The van der Waals surface area contributed by atoms with E-state index in [0.29, 0.717) is 0 Å². The highest BCUT2D eigenvalue weighted by Crippen LogP contribution is 2.14. The van der Waals surface area contributed by atoms with E-state index in [4.69, 9.17) is 5.73 Å². The molecular formula is C10H12N4. The average molecular weight is 188 g/mol. The van der Waals surface area contributed by atoms with Crippen molar-refractivity contribution in [2.75, 3.05) is 0 Å². The summed E-state index contributed by atoms with van der Waals surface area (Å²) in [6.45, 7) is 1.94. The molecule has 2 aromatic heterocycles. The summed E-state index contributed by atoms with van der Waals surface area (Å²) in [5.74, 6) is 0. The quantitative estimate of drug-likeness (QED) is 0.772. The van der Waals surface area contributed by atoms with Gasteiger partial charge in [0.25, 0.3) is 0 Å². The lowest BCUT2D eigenvalue weighted by molar-refractivity contribution is 0.752. The first kappa shape index (κ1) is 8.90. The molecule has 0 aliphatic rings. The Bertz CT molecular complexity index is 405. The third kappa shape index (κ3) is 1.52. The van der Waals surface area contributed by atoms with Crippen LogP contribution in [-0.4, -0.2) is 14.5 Å². The van der Waals surface area contributed by atoms with E-state index in [1.165, 1.54) is 0 Å². The summed E-state index contributed by atoms with van der Waals surface area (Å²) in [5, 5.41) is 0. The Morgan fingerprint density at radius 3 is 2.64 bits per heavy atom. The molecule has 4 heteroatoms. The van der Waals surface area contributed by atoms with E-state index in [-0.39, 0.29) is 6.04 Å². The number of imidazole rings is 1. The van der Waals surface area contributed by atoms with Crippen molar-refractivity contribution < 1.29 is 0 Å². The van der Waals surface area contributed by atoms with Gasteiger partial charge in [-0.05, 0) is 19.1 Å². The lowest BCUT2D eigenvalue weighted by atomic mass is 10.2. The van der Waals surface area contributed by atoms with Crippen molar-refractivity contribution >= 4 is 0 Å². The maximum atomic E-state index is 5.82. The van der Waals surface area contributed by atoms with E-state index in [2.05, 4.69) is 9.97 Å². The van der Waals surface area contributed by atoms with Crippen LogP contribution in [0.4, 0.5) is 0 Å². The summed E-state index contributed by atoms with van der Waals surface area (Å²) in [5.41, 5.74) is 7.85. The molecule has 0 saturated carbocycles. The number of rotatable bonds is 2. The predicted molar refractivity (Wildman–Crippen MR) is 54.0 cm³/mol. The first-order valence-electron chi connectivity index (χ1n) is 4.47. The van der Waals surface area contributed by atoms with Crippen LogP contribution >= 0.6 is 0 Å². The summed E-state index contributed by atoms with van der Waals surface area (Å²) >= 11 is 0. The van der Waals surface area contributed by atoms with Crippen LogP contribution in [-0.2, 0) is 0 Å². The molecule has 0 radical (unpaired) electrons. The van der Waals surface area contributed by atoms with Crippen LogP contribution in [0, 0.1) is 0 Å². The molecule has 2 rings (SSSR count). The molecule has 0 bridgehead atoms. The minimum Gasteiger partial charge on any atom is -0.323 e. The molecule has 0 saturated heterocycles. The fourth-order valence-electron chi connectivity index (χ4n) is 1.36. The second-order valence-electron chi connectivity index (χ2n) is 3.18. The van der Waals surface area contributed by atoms with Gasteiger partial charge in [0, 0.05) is 24.1 Å². The van der Waals surface area contributed by atoms with Crippen LogP contribution in [0.25, 0.3) is 5.69 Å². The lowest BCUT2D eigenvalue weighted by Crippen LogP contribution is -2.10. The van der Waals surface area contributed by atoms with Gasteiger partial charge >= 0.3 is 0 Å². The van der Waals surface area contributed by atoms with Crippen molar-refractivity contribution in [2.24, 2.45) is 5.73 Å². The Hall–Kier alpha value is -1.68. The molecule has 0 unspecified atom stereocenters. The summed E-state index contributed by atoms with van der Waals surface area (Å²) in [6.07, 6.45) is 7.04. The number of nitrogens with zero attached hydrogens (tertiary/aromatic N) is 3. The SMILES string of the molecule is C[C@@H](N)c1cncn1-c1ccncc1. The maximum absolute atomic E-state index is 5.82. The van der Waals surface area contributed by atoms with Crippen LogP contribution in [0.5, 0.6) is 0 Å². The van der Waals surface area contributed by atoms with Gasteiger partial charge in [0.05, 0.1) is 18.2 Å². The Labute approximate surface area is 82.4 Å². The van der Waals surface area contributed by atoms with Crippen molar-refractivity contribution in [3.8, 4) is 5.69 Å². The highest BCUT2D eigenvalue weighted by molar-refractivity contribution is 5.31. The Morgan fingerprint density at radius 1 is 1.29 bits per heavy atom. The molecular weight excluding hydrogens is 176 g/mol. The Morgan fingerprint density at radius 2 is 2.00 bits per heavy atom. The van der Waals surface area contributed by atoms with Crippen molar-refractivity contribution in [1.82, 2.24) is 14.5 Å². The van der Waals surface area contributed by atoms with Gasteiger partial charge in [-0.2, -0.15) is 0 Å². The minimum atomic E-state index is -0.0225. The fraction of sp³-hybridized carbons (Fsp3) is 0.200. The molecule has 4 nitrogen and oxygen atoms in total. The van der Waals surface area contributed by atoms with E-state index in [1.54, 1.807) is 24.9 Å². The zero-order chi connectivity index (χ0) is 9.97. The first-order valence-corrected chi connectivity index (χ1v) is 4.47. The zero-order valence-corrected chi connectivity index (χ0v) is 7.96. The fourth-order valence-corrected chi connectivity index (χ4v) is 1.36. The van der Waals surface area contributed by atoms with Crippen LogP contribution in [0.15, 0.2) is 37.1 Å². The van der Waals surface area contributed by atoms with Gasteiger partial charge in [0.2, 0.25) is 0 Å². The normalized spacial score (nSPS) is 12.7. The number of aromatic nitrogens is 3. The summed E-state index contributed by atoms with van der Waals surface area (Å²) in [7, 11) is 0. The zero-order valence-electron chi connectivity index (χ0n) is 7.96. The second kappa shape index (κ2) is 3.59. The Balaban J connectivity index is 2.47. The highest BCUT2D eigenvalue weighted by Gasteiger charge is 2.07. The second-order valence-corrected chi connectivity index (χ2v) is 3.18. The lowest BCUT2D eigenvalue weighted by Gasteiger charge is -2.09. The summed E-state index contributed by atoms with van der Waals surface area (Å²) < 4.78 is 1.96. The number of hydrogen-bond acceptors (Lipinski definition) is 3. The van der Waals surface area contributed by atoms with Gasteiger partial charge in [-0.1, -0.05) is 0 Å². The minimum absolute atomic E-state index is 0.0225. The summed E-state index contributed by atoms with van der Waals surface area (Å²) in [4.78, 5) is 8.05. The van der Waals surface area contributed by atoms with Gasteiger partial charge in [-0.25, -0.2) is 4.98 Å². The molecule has 0 fully saturated rings. The number of pyridine rings is 1. The Kier molecular flexibility index (Phi) is 2.28. The predicted octanol–water partition coefficient (Wildman–Crippen LogP) is 1.29. The van der Waals surface area contributed by atoms with Crippen LogP contribution in [0.1, 0.15) is 18.7 Å². The largest absolute Gasteiger partial charge is 0.323 e. The van der Waals surface area contributed by atoms with Crippen molar-refractivity contribution in [3.05, 3.63) is 42.7 Å². The summed E-state index contributed by atoms with van der Waals surface area (Å²) in [6, 6.07) is 3.83. The van der Waals surface area contributed by atoms with Gasteiger partial charge in [-0.3, -0.25) is 4.98 Å². The standard InChI is InChI=1S/C10H12N4/c1-8(11)10-6-13-7-14(10)9-2-4-12-5-3-9/h2-8H,11H2,1H3/t8-/m1/s1. The monoisotopic (exact) mass is 188 g/mol. The molecule has 0 aliphatic carbocycles. The first-order chi connectivity index (χ1) is 6.79. The average Bonchev–Trinajstić information content (AvgIpc) is 2.67. The van der Waals surface area contributed by atoms with Crippen LogP contribution < -0.4 is 5.73 Å². The van der Waals surface area contributed by atoms with Gasteiger partial charge in [-0.15, -0.1) is 0 Å². The van der Waals surface area contributed by atoms with Crippen LogP contribution in [0.2, 0.25) is 0 Å². The maximum Gasteiger partial charge on any atom is 0.0994 e. The number of nitrogens with two attached hydrogens (primary N) is 1. The van der Waals surface area contributed by atoms with Gasteiger partial charge in [0.15, 0.2) is 0 Å². The molecule has 14 heavy (non-hydrogen) atoms. The molecule has 2 aromatic rings. The van der Waals surface area contributed by atoms with E-state index in [9.17, 15) is 0 Å². The van der Waals surface area contributed by atoms with Crippen molar-refractivity contribution in [2.45, 2.75) is 13.0 Å². The van der Waals surface area contributed by atoms with Gasteiger partial charge in [0.1, 0.15) is 0 Å². The third-order valence-electron chi connectivity index (χ3n) is 2.07. The molecule has 1 atom stereocenters. The smallest absolute Gasteiger partial charge is 0.0994 e. The molecule has 0 spiro atoms. The number of hydrogen-bond donors (Lipinski definition) is 1. The van der Waals surface area contributed by atoms with E-state index >= 15 is 0 Å².